The second-order valence-corrected chi connectivity index (χ2v) is 4.70. The number of nitrogens with one attached hydrogen (secondary N) is 1. The molecule has 0 spiro atoms. The van der Waals surface area contributed by atoms with Crippen molar-refractivity contribution in [2.24, 2.45) is 0 Å². The molecule has 0 amide bonds. The number of rotatable bonds is 4. The Kier molecular flexibility index (Phi) is 4.70. The quantitative estimate of drug-likeness (QED) is 0.344. The fourth-order valence-corrected chi connectivity index (χ4v) is 2.06. The normalized spacial score (nSPS) is 32.7. The Morgan fingerprint density at radius 3 is 2.29 bits per heavy atom. The number of aliphatic hydroxyl groups is 4. The van der Waals surface area contributed by atoms with Gasteiger partial charge in [-0.1, -0.05) is 0 Å². The molecule has 5 N–H and O–H groups in total. The average molecular weight is 300 g/mol. The van der Waals surface area contributed by atoms with Gasteiger partial charge < -0.3 is 30.5 Å². The predicted octanol–water partition coefficient (Wildman–Crippen LogP) is -1.19. The van der Waals surface area contributed by atoms with Crippen LogP contribution in [-0.2, 0) is 4.74 Å². The average Bonchev–Trinajstić information content (AvgIpc) is 2.48. The molecule has 5 atom stereocenters. The first-order valence-electron chi connectivity index (χ1n) is 6.25. The van der Waals surface area contributed by atoms with Crippen LogP contribution in [0.15, 0.2) is 24.3 Å². The van der Waals surface area contributed by atoms with E-state index in [0.717, 1.165) is 0 Å². The van der Waals surface area contributed by atoms with E-state index in [1.807, 2.05) is 0 Å². The van der Waals surface area contributed by atoms with Gasteiger partial charge in [-0.05, 0) is 12.1 Å². The van der Waals surface area contributed by atoms with Gasteiger partial charge in [-0.15, -0.1) is 0 Å². The lowest BCUT2D eigenvalue weighted by atomic mass is 9.98. The number of ether oxygens (including phenoxy) is 1. The summed E-state index contributed by atoms with van der Waals surface area (Å²) in [6.45, 7) is -0.524. The van der Waals surface area contributed by atoms with Crippen LogP contribution in [-0.4, -0.2) is 62.6 Å². The molecule has 1 aliphatic rings. The van der Waals surface area contributed by atoms with Gasteiger partial charge in [0.05, 0.1) is 11.5 Å². The molecule has 9 nitrogen and oxygen atoms in total. The zero-order chi connectivity index (χ0) is 15.6. The molecular weight excluding hydrogens is 284 g/mol. The molecule has 0 bridgehead atoms. The van der Waals surface area contributed by atoms with E-state index in [9.17, 15) is 25.4 Å². The minimum atomic E-state index is -1.48. The van der Waals surface area contributed by atoms with Crippen molar-refractivity contribution in [1.29, 1.82) is 0 Å². The molecule has 0 radical (unpaired) electrons. The van der Waals surface area contributed by atoms with Crippen LogP contribution in [0.25, 0.3) is 0 Å². The lowest BCUT2D eigenvalue weighted by Gasteiger charge is -2.40. The van der Waals surface area contributed by atoms with Crippen LogP contribution in [0.5, 0.6) is 0 Å². The van der Waals surface area contributed by atoms with Crippen LogP contribution in [0.1, 0.15) is 0 Å². The standard InChI is InChI=1S/C12H16N2O7/c15-5-8-9(16)10(17)11(18)12(21-8)13-6-1-3-7(4-2-6)14(19)20/h1-4,8-13,15-18H,5H2. The number of aliphatic hydroxyl groups excluding tert-OH is 4. The van der Waals surface area contributed by atoms with Crippen LogP contribution in [0.3, 0.4) is 0 Å². The van der Waals surface area contributed by atoms with Gasteiger partial charge in [0, 0.05) is 17.8 Å². The second kappa shape index (κ2) is 6.33. The Balaban J connectivity index is 2.08. The monoisotopic (exact) mass is 300 g/mol. The minimum Gasteiger partial charge on any atom is -0.394 e. The van der Waals surface area contributed by atoms with Gasteiger partial charge >= 0.3 is 0 Å². The van der Waals surface area contributed by atoms with Crippen molar-refractivity contribution in [2.75, 3.05) is 11.9 Å². The lowest BCUT2D eigenvalue weighted by molar-refractivity contribution is -0.384. The number of non-ortho nitro benzene ring substituents is 1. The number of nitrogens with zero attached hydrogens (tertiary/aromatic N) is 1. The predicted molar refractivity (Wildman–Crippen MR) is 70.5 cm³/mol. The molecule has 5 unspecified atom stereocenters. The fourth-order valence-electron chi connectivity index (χ4n) is 2.06. The van der Waals surface area contributed by atoms with Crippen LogP contribution in [0.2, 0.25) is 0 Å². The van der Waals surface area contributed by atoms with Crippen molar-refractivity contribution >= 4 is 11.4 Å². The van der Waals surface area contributed by atoms with Crippen LogP contribution >= 0.6 is 0 Å². The Morgan fingerprint density at radius 2 is 1.76 bits per heavy atom. The van der Waals surface area contributed by atoms with Crippen molar-refractivity contribution in [3.8, 4) is 0 Å². The van der Waals surface area contributed by atoms with Gasteiger partial charge in [0.2, 0.25) is 0 Å². The highest BCUT2D eigenvalue weighted by atomic mass is 16.6. The van der Waals surface area contributed by atoms with Crippen LogP contribution in [0.4, 0.5) is 11.4 Å². The Labute approximate surface area is 119 Å². The summed E-state index contributed by atoms with van der Waals surface area (Å²) in [5.74, 6) is 0. The molecule has 1 saturated heterocycles. The van der Waals surface area contributed by atoms with E-state index in [4.69, 9.17) is 9.84 Å². The maximum Gasteiger partial charge on any atom is 0.269 e. The Morgan fingerprint density at radius 1 is 1.14 bits per heavy atom. The van der Waals surface area contributed by atoms with E-state index in [0.29, 0.717) is 5.69 Å². The maximum atomic E-state index is 10.5. The first-order valence-corrected chi connectivity index (χ1v) is 6.25. The lowest BCUT2D eigenvalue weighted by Crippen LogP contribution is -2.60. The molecule has 0 saturated carbocycles. The molecule has 1 aromatic carbocycles. The summed E-state index contributed by atoms with van der Waals surface area (Å²) in [5.41, 5.74) is 0.333. The topological polar surface area (TPSA) is 145 Å². The Hall–Kier alpha value is -1.78. The molecule has 9 heteroatoms. The third kappa shape index (κ3) is 3.28. The van der Waals surface area contributed by atoms with Gasteiger partial charge in [0.25, 0.3) is 5.69 Å². The summed E-state index contributed by atoms with van der Waals surface area (Å²) in [6, 6.07) is 5.37. The molecule has 1 heterocycles. The maximum absolute atomic E-state index is 10.5. The Bertz CT molecular complexity index is 493. The van der Waals surface area contributed by atoms with Crippen molar-refractivity contribution in [3.63, 3.8) is 0 Å². The third-order valence-corrected chi connectivity index (χ3v) is 3.28. The summed E-state index contributed by atoms with van der Waals surface area (Å²) in [4.78, 5) is 10.0. The van der Waals surface area contributed by atoms with E-state index in [1.165, 1.54) is 24.3 Å². The number of hydrogen-bond donors (Lipinski definition) is 5. The summed E-state index contributed by atoms with van der Waals surface area (Å²) in [6.07, 6.45) is -6.41. The van der Waals surface area contributed by atoms with Gasteiger partial charge in [-0.3, -0.25) is 10.1 Å². The second-order valence-electron chi connectivity index (χ2n) is 4.70. The number of nitro benzene ring substituents is 1. The van der Waals surface area contributed by atoms with Crippen molar-refractivity contribution in [2.45, 2.75) is 30.6 Å². The molecule has 0 aliphatic carbocycles. The molecule has 116 valence electrons. The fraction of sp³-hybridized carbons (Fsp3) is 0.500. The highest BCUT2D eigenvalue weighted by Crippen LogP contribution is 2.23. The molecule has 2 rings (SSSR count). The van der Waals surface area contributed by atoms with E-state index >= 15 is 0 Å². The molecule has 0 aromatic heterocycles. The highest BCUT2D eigenvalue weighted by Gasteiger charge is 2.43. The number of benzene rings is 1. The summed E-state index contributed by atoms with van der Waals surface area (Å²) in [7, 11) is 0. The zero-order valence-corrected chi connectivity index (χ0v) is 10.9. The summed E-state index contributed by atoms with van der Waals surface area (Å²) < 4.78 is 5.26. The first kappa shape index (κ1) is 15.6. The van der Waals surface area contributed by atoms with Gasteiger partial charge in [-0.25, -0.2) is 0 Å². The number of hydrogen-bond acceptors (Lipinski definition) is 8. The molecule has 1 aromatic rings. The van der Waals surface area contributed by atoms with Gasteiger partial charge in [-0.2, -0.15) is 0 Å². The van der Waals surface area contributed by atoms with E-state index in [-0.39, 0.29) is 5.69 Å². The number of anilines is 1. The largest absolute Gasteiger partial charge is 0.394 e. The van der Waals surface area contributed by atoms with Crippen molar-refractivity contribution in [3.05, 3.63) is 34.4 Å². The highest BCUT2D eigenvalue weighted by molar-refractivity contribution is 5.49. The van der Waals surface area contributed by atoms with Gasteiger partial charge in [0.15, 0.2) is 6.23 Å². The SMILES string of the molecule is O=[N+]([O-])c1ccc(NC2OC(CO)C(O)C(O)C2O)cc1. The third-order valence-electron chi connectivity index (χ3n) is 3.28. The van der Waals surface area contributed by atoms with E-state index in [2.05, 4.69) is 5.32 Å². The van der Waals surface area contributed by atoms with Crippen LogP contribution in [0, 0.1) is 10.1 Å². The van der Waals surface area contributed by atoms with Crippen LogP contribution < -0.4 is 5.32 Å². The molecule has 1 aliphatic heterocycles. The smallest absolute Gasteiger partial charge is 0.269 e. The van der Waals surface area contributed by atoms with E-state index < -0.39 is 42.2 Å². The number of nitro groups is 1. The zero-order valence-electron chi connectivity index (χ0n) is 10.9. The minimum absolute atomic E-state index is 0.0886. The van der Waals surface area contributed by atoms with Gasteiger partial charge in [0.1, 0.15) is 24.4 Å². The molecular formula is C12H16N2O7. The summed E-state index contributed by atoms with van der Waals surface area (Å²) >= 11 is 0. The molecule has 21 heavy (non-hydrogen) atoms. The van der Waals surface area contributed by atoms with E-state index in [1.54, 1.807) is 0 Å². The summed E-state index contributed by atoms with van der Waals surface area (Å²) in [5, 5.41) is 51.5. The first-order chi connectivity index (χ1) is 9.93. The van der Waals surface area contributed by atoms with Crippen molar-refractivity contribution < 1.29 is 30.1 Å². The molecule has 1 fully saturated rings. The van der Waals surface area contributed by atoms with Crippen molar-refractivity contribution in [1.82, 2.24) is 0 Å².